The first-order chi connectivity index (χ1) is 14.6. The molecule has 5 nitrogen and oxygen atoms in total. The number of aryl methyl sites for hydroxylation is 2. The molecule has 0 unspecified atom stereocenters. The van der Waals surface area contributed by atoms with Crippen LogP contribution < -0.4 is 10.3 Å². The number of H-pyrrole nitrogens is 1. The molecule has 1 atom stereocenters. The average Bonchev–Trinajstić information content (AvgIpc) is 3.17. The normalized spacial score (nSPS) is 17.0. The van der Waals surface area contributed by atoms with Crippen molar-refractivity contribution in [2.75, 3.05) is 19.7 Å². The van der Waals surface area contributed by atoms with Crippen LogP contribution in [0.2, 0.25) is 0 Å². The summed E-state index contributed by atoms with van der Waals surface area (Å²) >= 11 is 0. The molecule has 0 spiro atoms. The van der Waals surface area contributed by atoms with E-state index in [1.807, 2.05) is 19.9 Å². The highest BCUT2D eigenvalue weighted by atomic mass is 16.5. The zero-order chi connectivity index (χ0) is 21.9. The summed E-state index contributed by atoms with van der Waals surface area (Å²) in [5.74, 6) is 0.932. The molecule has 0 saturated carbocycles. The van der Waals surface area contributed by atoms with E-state index in [1.165, 1.54) is 31.4 Å². The molecule has 30 heavy (non-hydrogen) atoms. The molecule has 1 N–H and O–H groups in total. The fourth-order valence-corrected chi connectivity index (χ4v) is 4.02. The molecule has 1 aliphatic heterocycles. The van der Waals surface area contributed by atoms with Gasteiger partial charge in [-0.25, -0.2) is 5.10 Å². The Kier molecular flexibility index (Phi) is 10.1. The van der Waals surface area contributed by atoms with E-state index in [1.54, 1.807) is 6.07 Å². The van der Waals surface area contributed by atoms with Gasteiger partial charge in [-0.1, -0.05) is 34.1 Å². The van der Waals surface area contributed by atoms with Crippen LogP contribution in [0.3, 0.4) is 0 Å². The summed E-state index contributed by atoms with van der Waals surface area (Å²) in [4.78, 5) is 14.0. The maximum atomic E-state index is 11.4. The van der Waals surface area contributed by atoms with Gasteiger partial charge in [-0.15, -0.1) is 0 Å². The molecule has 0 amide bonds. The Labute approximate surface area is 181 Å². The largest absolute Gasteiger partial charge is 0.494 e. The van der Waals surface area contributed by atoms with E-state index in [0.717, 1.165) is 61.0 Å². The molecule has 2 heterocycles. The van der Waals surface area contributed by atoms with Gasteiger partial charge in [0.15, 0.2) is 0 Å². The minimum atomic E-state index is -0.130. The van der Waals surface area contributed by atoms with Gasteiger partial charge >= 0.3 is 0 Å². The van der Waals surface area contributed by atoms with Crippen molar-refractivity contribution in [2.24, 2.45) is 0 Å². The highest BCUT2D eigenvalue weighted by molar-refractivity contribution is 5.69. The lowest BCUT2D eigenvalue weighted by Gasteiger charge is -2.21. The van der Waals surface area contributed by atoms with Gasteiger partial charge in [-0.2, -0.15) is 5.10 Å². The summed E-state index contributed by atoms with van der Waals surface area (Å²) < 4.78 is 5.97. The van der Waals surface area contributed by atoms with Crippen molar-refractivity contribution in [3.05, 3.63) is 45.7 Å². The minimum Gasteiger partial charge on any atom is -0.494 e. The first-order valence-electron chi connectivity index (χ1n) is 11.7. The van der Waals surface area contributed by atoms with Gasteiger partial charge in [0, 0.05) is 24.2 Å². The molecule has 2 aromatic rings. The molecular weight excluding hydrogens is 374 g/mol. The zero-order valence-electron chi connectivity index (χ0n) is 19.5. The molecule has 1 aliphatic carbocycles. The van der Waals surface area contributed by atoms with Crippen LogP contribution in [0.1, 0.15) is 71.4 Å². The molecule has 5 heteroatoms. The first-order valence-corrected chi connectivity index (χ1v) is 11.7. The number of benzene rings is 1. The number of hydrogen-bond donors (Lipinski definition) is 1. The van der Waals surface area contributed by atoms with Gasteiger partial charge in [-0.3, -0.25) is 4.79 Å². The molecular formula is C25H39N3O2. The van der Waals surface area contributed by atoms with Gasteiger partial charge in [0.1, 0.15) is 5.75 Å². The number of hydrogen-bond acceptors (Lipinski definition) is 4. The summed E-state index contributed by atoms with van der Waals surface area (Å²) in [6, 6.07) is 8.59. The Bertz CT molecular complexity index is 831. The highest BCUT2D eigenvalue weighted by Gasteiger charge is 2.20. The van der Waals surface area contributed by atoms with Crippen molar-refractivity contribution in [3.8, 4) is 17.0 Å². The van der Waals surface area contributed by atoms with Crippen molar-refractivity contribution >= 4 is 0 Å². The van der Waals surface area contributed by atoms with Crippen LogP contribution in [0.15, 0.2) is 29.1 Å². The third-order valence-electron chi connectivity index (χ3n) is 5.43. The third kappa shape index (κ3) is 6.43. The predicted octanol–water partition coefficient (Wildman–Crippen LogP) is 5.23. The maximum Gasteiger partial charge on any atom is 0.264 e. The Morgan fingerprint density at radius 3 is 2.60 bits per heavy atom. The SMILES string of the molecule is CC.CCC.C[C@@H]1CCCN1CCCOc1ccc2c(c1)CCc1cc(=O)[nH]nc1-2. The second-order valence-corrected chi connectivity index (χ2v) is 7.86. The lowest BCUT2D eigenvalue weighted by atomic mass is 9.89. The summed E-state index contributed by atoms with van der Waals surface area (Å²) in [5.41, 5.74) is 4.16. The molecule has 0 bridgehead atoms. The fourth-order valence-electron chi connectivity index (χ4n) is 4.02. The molecule has 0 radical (unpaired) electrons. The lowest BCUT2D eigenvalue weighted by Crippen LogP contribution is -2.28. The molecule has 1 saturated heterocycles. The monoisotopic (exact) mass is 413 g/mol. The Balaban J connectivity index is 0.000000590. The predicted molar refractivity (Wildman–Crippen MR) is 125 cm³/mol. The van der Waals surface area contributed by atoms with Gasteiger partial charge in [-0.05, 0) is 74.9 Å². The summed E-state index contributed by atoms with van der Waals surface area (Å²) in [6.07, 6.45) is 6.75. The smallest absolute Gasteiger partial charge is 0.264 e. The van der Waals surface area contributed by atoms with Gasteiger partial charge in [0.25, 0.3) is 5.56 Å². The molecule has 1 aromatic heterocycles. The Hall–Kier alpha value is -2.14. The highest BCUT2D eigenvalue weighted by Crippen LogP contribution is 2.33. The number of ether oxygens (including phenoxy) is 1. The number of nitrogens with zero attached hydrogens (tertiary/aromatic N) is 2. The zero-order valence-corrected chi connectivity index (χ0v) is 19.5. The van der Waals surface area contributed by atoms with Crippen molar-refractivity contribution in [1.29, 1.82) is 0 Å². The van der Waals surface area contributed by atoms with Gasteiger partial charge < -0.3 is 9.64 Å². The van der Waals surface area contributed by atoms with E-state index in [0.29, 0.717) is 0 Å². The fraction of sp³-hybridized carbons (Fsp3) is 0.600. The second-order valence-electron chi connectivity index (χ2n) is 7.86. The average molecular weight is 414 g/mol. The van der Waals surface area contributed by atoms with E-state index in [4.69, 9.17) is 4.74 Å². The lowest BCUT2D eigenvalue weighted by molar-refractivity contribution is 0.230. The van der Waals surface area contributed by atoms with Crippen molar-refractivity contribution in [1.82, 2.24) is 15.1 Å². The van der Waals surface area contributed by atoms with Gasteiger partial charge in [0.2, 0.25) is 0 Å². The number of likely N-dealkylation sites (tertiary alicyclic amines) is 1. The van der Waals surface area contributed by atoms with Gasteiger partial charge in [0.05, 0.1) is 12.3 Å². The van der Waals surface area contributed by atoms with Crippen LogP contribution in [-0.2, 0) is 12.8 Å². The van der Waals surface area contributed by atoms with Crippen LogP contribution in [0.5, 0.6) is 5.75 Å². The second kappa shape index (κ2) is 12.5. The van der Waals surface area contributed by atoms with Crippen LogP contribution in [0, 0.1) is 0 Å². The van der Waals surface area contributed by atoms with Crippen LogP contribution in [0.4, 0.5) is 0 Å². The molecule has 2 aliphatic rings. The summed E-state index contributed by atoms with van der Waals surface area (Å²) in [5, 5.41) is 6.78. The minimum absolute atomic E-state index is 0.130. The third-order valence-corrected chi connectivity index (χ3v) is 5.43. The Morgan fingerprint density at radius 2 is 1.90 bits per heavy atom. The number of nitrogens with one attached hydrogen (secondary N) is 1. The maximum absolute atomic E-state index is 11.4. The molecule has 1 fully saturated rings. The number of aromatic amines is 1. The number of fused-ring (bicyclic) bond motifs is 3. The molecule has 1 aromatic carbocycles. The summed E-state index contributed by atoms with van der Waals surface area (Å²) in [7, 11) is 0. The first kappa shape index (κ1) is 24.1. The van der Waals surface area contributed by atoms with E-state index in [9.17, 15) is 4.79 Å². The van der Waals surface area contributed by atoms with Crippen molar-refractivity contribution < 1.29 is 4.74 Å². The quantitative estimate of drug-likeness (QED) is 0.682. The van der Waals surface area contributed by atoms with Crippen LogP contribution in [0.25, 0.3) is 11.3 Å². The van der Waals surface area contributed by atoms with E-state index >= 15 is 0 Å². The van der Waals surface area contributed by atoms with E-state index in [-0.39, 0.29) is 5.56 Å². The van der Waals surface area contributed by atoms with E-state index < -0.39 is 0 Å². The molecule has 4 rings (SSSR count). The Morgan fingerprint density at radius 1 is 1.17 bits per heavy atom. The van der Waals surface area contributed by atoms with E-state index in [2.05, 4.69) is 48.0 Å². The van der Waals surface area contributed by atoms with Crippen molar-refractivity contribution in [3.63, 3.8) is 0 Å². The molecule has 166 valence electrons. The van der Waals surface area contributed by atoms with Crippen LogP contribution >= 0.6 is 0 Å². The topological polar surface area (TPSA) is 58.2 Å². The standard InChI is InChI=1S/C20H25N3O2.C3H8.C2H6/c1-14-4-2-9-23(14)10-3-11-25-17-7-8-18-15(12-17)5-6-16-13-19(24)21-22-20(16)18;1-3-2;1-2/h7-8,12-14H,2-6,9-11H2,1H3,(H,21,24);3H2,1-2H3;1-2H3/t14-;;/m1../s1. The van der Waals surface area contributed by atoms with Crippen LogP contribution in [-0.4, -0.2) is 40.8 Å². The van der Waals surface area contributed by atoms with Crippen molar-refractivity contribution in [2.45, 2.75) is 79.2 Å². The summed E-state index contributed by atoms with van der Waals surface area (Å²) in [6.45, 7) is 13.7. The number of rotatable bonds is 5. The number of aromatic nitrogens is 2.